The van der Waals surface area contributed by atoms with Gasteiger partial charge in [-0.1, -0.05) is 12.5 Å². The summed E-state index contributed by atoms with van der Waals surface area (Å²) in [6, 6.07) is 4.62. The van der Waals surface area contributed by atoms with Gasteiger partial charge < -0.3 is 5.73 Å². The number of rotatable bonds is 4. The molecule has 2 N–H and O–H groups in total. The van der Waals surface area contributed by atoms with E-state index in [1.54, 1.807) is 6.07 Å². The van der Waals surface area contributed by atoms with E-state index >= 15 is 0 Å². The molecule has 1 aromatic carbocycles. The number of nitrogens with two attached hydrogens (primary N) is 1. The molecule has 0 aromatic heterocycles. The van der Waals surface area contributed by atoms with Crippen molar-refractivity contribution in [3.05, 3.63) is 35.1 Å². The van der Waals surface area contributed by atoms with Crippen LogP contribution in [0.1, 0.15) is 30.4 Å². The zero-order valence-electron chi connectivity index (χ0n) is 10.8. The number of aryl methyl sites for hydroxylation is 1. The van der Waals surface area contributed by atoms with Gasteiger partial charge >= 0.3 is 0 Å². The summed E-state index contributed by atoms with van der Waals surface area (Å²) in [6.45, 7) is 2.44. The molecule has 98 valence electrons. The number of benzene rings is 1. The van der Waals surface area contributed by atoms with Gasteiger partial charge in [0.05, 0.1) is 0 Å². The summed E-state index contributed by atoms with van der Waals surface area (Å²) in [7, 11) is 0. The fourth-order valence-electron chi connectivity index (χ4n) is 2.92. The first-order valence-electron chi connectivity index (χ1n) is 6.59. The monoisotopic (exact) mass is 249 g/mol. The Morgan fingerprint density at radius 2 is 2.22 bits per heavy atom. The third-order valence-corrected chi connectivity index (χ3v) is 4.04. The summed E-state index contributed by atoms with van der Waals surface area (Å²) in [6.07, 6.45) is 3.53. The van der Waals surface area contributed by atoms with Crippen molar-refractivity contribution in [2.45, 2.75) is 32.6 Å². The lowest BCUT2D eigenvalue weighted by atomic mass is 9.88. The normalized spacial score (nSPS) is 23.3. The molecule has 3 heteroatoms. The van der Waals surface area contributed by atoms with E-state index in [4.69, 9.17) is 5.73 Å². The van der Waals surface area contributed by atoms with Gasteiger partial charge in [-0.3, -0.25) is 4.79 Å². The van der Waals surface area contributed by atoms with Crippen molar-refractivity contribution in [1.82, 2.24) is 0 Å². The zero-order valence-corrected chi connectivity index (χ0v) is 10.8. The van der Waals surface area contributed by atoms with Gasteiger partial charge in [0.1, 0.15) is 11.6 Å². The topological polar surface area (TPSA) is 43.1 Å². The molecule has 2 unspecified atom stereocenters. The molecule has 0 radical (unpaired) electrons. The van der Waals surface area contributed by atoms with Crippen LogP contribution in [0.4, 0.5) is 4.39 Å². The van der Waals surface area contributed by atoms with E-state index in [9.17, 15) is 9.18 Å². The first-order valence-corrected chi connectivity index (χ1v) is 6.59. The molecular weight excluding hydrogens is 229 g/mol. The van der Waals surface area contributed by atoms with E-state index in [-0.39, 0.29) is 17.5 Å². The molecule has 0 heterocycles. The van der Waals surface area contributed by atoms with Crippen molar-refractivity contribution in [2.24, 2.45) is 17.6 Å². The molecule has 1 fully saturated rings. The van der Waals surface area contributed by atoms with Crippen molar-refractivity contribution in [2.75, 3.05) is 6.54 Å². The first kappa shape index (κ1) is 13.2. The lowest BCUT2D eigenvalue weighted by Crippen LogP contribution is -2.26. The molecule has 1 saturated carbocycles. The smallest absolute Gasteiger partial charge is 0.140 e. The SMILES string of the molecule is Cc1cc(F)ccc1CC(=O)C1CCCC1CN. The van der Waals surface area contributed by atoms with Gasteiger partial charge in [-0.25, -0.2) is 4.39 Å². The van der Waals surface area contributed by atoms with Crippen LogP contribution >= 0.6 is 0 Å². The van der Waals surface area contributed by atoms with Crippen LogP contribution < -0.4 is 5.73 Å². The first-order chi connectivity index (χ1) is 8.61. The van der Waals surface area contributed by atoms with Gasteiger partial charge in [0, 0.05) is 12.3 Å². The van der Waals surface area contributed by atoms with Gasteiger partial charge in [-0.15, -0.1) is 0 Å². The average Bonchev–Trinajstić information content (AvgIpc) is 2.81. The van der Waals surface area contributed by atoms with Crippen LogP contribution in [0.25, 0.3) is 0 Å². The fraction of sp³-hybridized carbons (Fsp3) is 0.533. The summed E-state index contributed by atoms with van der Waals surface area (Å²) in [5, 5.41) is 0. The van der Waals surface area contributed by atoms with Crippen molar-refractivity contribution in [3.8, 4) is 0 Å². The van der Waals surface area contributed by atoms with E-state index in [0.717, 1.165) is 30.4 Å². The second-order valence-corrected chi connectivity index (χ2v) is 5.25. The molecule has 2 nitrogen and oxygen atoms in total. The van der Waals surface area contributed by atoms with Crippen LogP contribution in [-0.2, 0) is 11.2 Å². The quantitative estimate of drug-likeness (QED) is 0.891. The summed E-state index contributed by atoms with van der Waals surface area (Å²) < 4.78 is 13.0. The van der Waals surface area contributed by atoms with Crippen LogP contribution in [0, 0.1) is 24.6 Å². The van der Waals surface area contributed by atoms with E-state index < -0.39 is 0 Å². The van der Waals surface area contributed by atoms with Crippen LogP contribution in [0.15, 0.2) is 18.2 Å². The minimum atomic E-state index is -0.246. The van der Waals surface area contributed by atoms with E-state index in [2.05, 4.69) is 0 Å². The lowest BCUT2D eigenvalue weighted by Gasteiger charge is -2.17. The molecule has 1 aliphatic carbocycles. The standard InChI is InChI=1S/C15H20FNO/c1-10-7-13(16)6-5-11(10)8-15(18)14-4-2-3-12(14)9-17/h5-7,12,14H,2-4,8-9,17H2,1H3. The molecule has 0 bridgehead atoms. The Kier molecular flexibility index (Phi) is 4.12. The molecule has 2 atom stereocenters. The van der Waals surface area contributed by atoms with Crippen molar-refractivity contribution in [1.29, 1.82) is 0 Å². The van der Waals surface area contributed by atoms with Crippen LogP contribution in [0.3, 0.4) is 0 Å². The molecular formula is C15H20FNO. The van der Waals surface area contributed by atoms with Crippen LogP contribution in [0.2, 0.25) is 0 Å². The molecule has 1 aliphatic rings. The number of halogens is 1. The van der Waals surface area contributed by atoms with Crippen LogP contribution in [-0.4, -0.2) is 12.3 Å². The average molecular weight is 249 g/mol. The Morgan fingerprint density at radius 1 is 1.44 bits per heavy atom. The summed E-state index contributed by atoms with van der Waals surface area (Å²) in [4.78, 5) is 12.3. The number of hydrogen-bond acceptors (Lipinski definition) is 2. The maximum absolute atomic E-state index is 13.0. The third-order valence-electron chi connectivity index (χ3n) is 4.04. The van der Waals surface area contributed by atoms with Gasteiger partial charge in [-0.2, -0.15) is 0 Å². The summed E-state index contributed by atoms with van der Waals surface area (Å²) in [5.74, 6) is 0.472. The molecule has 0 spiro atoms. The third kappa shape index (κ3) is 2.78. The molecule has 1 aromatic rings. The Labute approximate surface area is 107 Å². The molecule has 0 amide bonds. The Bertz CT molecular complexity index is 444. The zero-order chi connectivity index (χ0) is 13.1. The Hall–Kier alpha value is -1.22. The minimum absolute atomic E-state index is 0.111. The van der Waals surface area contributed by atoms with Gasteiger partial charge in [0.25, 0.3) is 0 Å². The summed E-state index contributed by atoms with van der Waals surface area (Å²) in [5.41, 5.74) is 7.49. The van der Waals surface area contributed by atoms with Crippen LogP contribution in [0.5, 0.6) is 0 Å². The second kappa shape index (κ2) is 5.61. The number of ketones is 1. The highest BCUT2D eigenvalue weighted by molar-refractivity contribution is 5.84. The molecule has 0 aliphatic heterocycles. The maximum atomic E-state index is 13.0. The number of hydrogen-bond donors (Lipinski definition) is 1. The predicted octanol–water partition coefficient (Wildman–Crippen LogP) is 2.62. The van der Waals surface area contributed by atoms with Gasteiger partial charge in [0.15, 0.2) is 0 Å². The number of carbonyl (C=O) groups is 1. The Balaban J connectivity index is 2.07. The van der Waals surface area contributed by atoms with Gasteiger partial charge in [0.2, 0.25) is 0 Å². The Morgan fingerprint density at radius 3 is 2.89 bits per heavy atom. The molecule has 2 rings (SSSR count). The van der Waals surface area contributed by atoms with Crippen molar-refractivity contribution in [3.63, 3.8) is 0 Å². The predicted molar refractivity (Wildman–Crippen MR) is 69.7 cm³/mol. The second-order valence-electron chi connectivity index (χ2n) is 5.25. The van der Waals surface area contributed by atoms with E-state index in [1.165, 1.54) is 12.1 Å². The lowest BCUT2D eigenvalue weighted by molar-refractivity contribution is -0.123. The number of carbonyl (C=O) groups excluding carboxylic acids is 1. The minimum Gasteiger partial charge on any atom is -0.330 e. The largest absolute Gasteiger partial charge is 0.330 e. The highest BCUT2D eigenvalue weighted by Crippen LogP contribution is 2.32. The van der Waals surface area contributed by atoms with Gasteiger partial charge in [-0.05, 0) is 55.5 Å². The number of Topliss-reactive ketones (excluding diaryl/α,β-unsaturated/α-hetero) is 1. The highest BCUT2D eigenvalue weighted by atomic mass is 19.1. The highest BCUT2D eigenvalue weighted by Gasteiger charge is 2.31. The molecule has 0 saturated heterocycles. The van der Waals surface area contributed by atoms with Crippen molar-refractivity contribution >= 4 is 5.78 Å². The van der Waals surface area contributed by atoms with E-state index in [0.29, 0.717) is 18.9 Å². The maximum Gasteiger partial charge on any atom is 0.140 e. The van der Waals surface area contributed by atoms with Crippen molar-refractivity contribution < 1.29 is 9.18 Å². The van der Waals surface area contributed by atoms with E-state index in [1.807, 2.05) is 6.92 Å². The fourth-order valence-corrected chi connectivity index (χ4v) is 2.92. The molecule has 18 heavy (non-hydrogen) atoms. The summed E-state index contributed by atoms with van der Waals surface area (Å²) >= 11 is 0.